The first-order valence-electron chi connectivity index (χ1n) is 15.9. The standard InChI is InChI=1S/C35H38F9N3O4/c1-7-46(6)9-8-20-16-47(27(48)14-23(20)34(39,40)41)26(10-17(2)3)33(51)45-25(15-28(49)50)30-31(37)22(13-24(32(30)38)35(42,43)44)29-18(4)11-21(36)12-19(29)5/h11-14,16-17,25-26H,7-10,15H2,1-6H3,(H,45,51)(H,49,50). The van der Waals surface area contributed by atoms with Crippen LogP contribution < -0.4 is 10.9 Å². The highest BCUT2D eigenvalue weighted by Crippen LogP contribution is 2.42. The summed E-state index contributed by atoms with van der Waals surface area (Å²) in [5.74, 6) is -8.21. The molecule has 1 aromatic heterocycles. The average Bonchev–Trinajstić information content (AvgIpc) is 2.98. The molecule has 1 heterocycles. The Morgan fingerprint density at radius 3 is 1.98 bits per heavy atom. The van der Waals surface area contributed by atoms with Crippen molar-refractivity contribution < 1.29 is 54.2 Å². The van der Waals surface area contributed by atoms with Crippen LogP contribution in [0.2, 0.25) is 0 Å². The molecule has 2 aromatic carbocycles. The number of benzene rings is 2. The Bertz CT molecular complexity index is 1810. The van der Waals surface area contributed by atoms with Gasteiger partial charge in [0.15, 0.2) is 0 Å². The lowest BCUT2D eigenvalue weighted by molar-refractivity contribution is -0.140. The molecule has 0 radical (unpaired) electrons. The van der Waals surface area contributed by atoms with E-state index < -0.39 is 93.9 Å². The molecule has 51 heavy (non-hydrogen) atoms. The van der Waals surface area contributed by atoms with Gasteiger partial charge in [0.2, 0.25) is 5.91 Å². The Balaban J connectivity index is 2.28. The van der Waals surface area contributed by atoms with Crippen LogP contribution in [0.5, 0.6) is 0 Å². The van der Waals surface area contributed by atoms with E-state index in [1.54, 1.807) is 32.7 Å². The van der Waals surface area contributed by atoms with Gasteiger partial charge in [-0.25, -0.2) is 13.2 Å². The molecular formula is C35H38F9N3O4. The smallest absolute Gasteiger partial charge is 0.419 e. The molecule has 0 fully saturated rings. The van der Waals surface area contributed by atoms with Crippen LogP contribution in [0.3, 0.4) is 0 Å². The van der Waals surface area contributed by atoms with E-state index in [0.717, 1.165) is 18.3 Å². The lowest BCUT2D eigenvalue weighted by Gasteiger charge is -2.27. The van der Waals surface area contributed by atoms with Gasteiger partial charge in [0.05, 0.1) is 23.6 Å². The number of halogens is 9. The molecule has 0 spiro atoms. The van der Waals surface area contributed by atoms with Crippen LogP contribution in [0.15, 0.2) is 35.3 Å². The van der Waals surface area contributed by atoms with Gasteiger partial charge in [-0.2, -0.15) is 26.3 Å². The highest BCUT2D eigenvalue weighted by atomic mass is 19.4. The van der Waals surface area contributed by atoms with E-state index in [1.807, 2.05) is 0 Å². The number of hydrogen-bond donors (Lipinski definition) is 2. The number of pyridine rings is 1. The number of aromatic nitrogens is 1. The first-order valence-corrected chi connectivity index (χ1v) is 15.9. The van der Waals surface area contributed by atoms with Gasteiger partial charge in [-0.1, -0.05) is 20.8 Å². The van der Waals surface area contributed by atoms with Crippen molar-refractivity contribution in [1.29, 1.82) is 0 Å². The van der Waals surface area contributed by atoms with E-state index in [-0.39, 0.29) is 47.7 Å². The van der Waals surface area contributed by atoms with Crippen molar-refractivity contribution in [2.24, 2.45) is 5.92 Å². The topological polar surface area (TPSA) is 91.6 Å². The predicted molar refractivity (Wildman–Crippen MR) is 170 cm³/mol. The molecule has 0 bridgehead atoms. The quantitative estimate of drug-likeness (QED) is 0.174. The fourth-order valence-corrected chi connectivity index (χ4v) is 5.92. The molecule has 2 unspecified atom stereocenters. The molecule has 1 amide bonds. The van der Waals surface area contributed by atoms with Gasteiger partial charge >= 0.3 is 18.3 Å². The SMILES string of the molecule is CCN(C)CCc1cn(C(CC(C)C)C(=O)NC(CC(=O)O)c2c(F)c(-c3c(C)cc(F)cc3C)cc(C(F)(F)F)c2F)c(=O)cc1C(F)(F)F. The highest BCUT2D eigenvalue weighted by molar-refractivity contribution is 5.82. The first kappa shape index (κ1) is 41.1. The average molecular weight is 736 g/mol. The van der Waals surface area contributed by atoms with Crippen LogP contribution in [-0.2, 0) is 28.4 Å². The minimum Gasteiger partial charge on any atom is -0.481 e. The summed E-state index contributed by atoms with van der Waals surface area (Å²) in [4.78, 5) is 40.7. The van der Waals surface area contributed by atoms with Gasteiger partial charge in [0.1, 0.15) is 23.5 Å². The van der Waals surface area contributed by atoms with Crippen LogP contribution in [0.25, 0.3) is 11.1 Å². The summed E-state index contributed by atoms with van der Waals surface area (Å²) in [6.07, 6.45) is -11.3. The number of alkyl halides is 6. The monoisotopic (exact) mass is 735 g/mol. The molecule has 0 aliphatic rings. The van der Waals surface area contributed by atoms with Crippen molar-refractivity contribution in [2.75, 3.05) is 20.1 Å². The molecule has 280 valence electrons. The molecule has 0 aliphatic carbocycles. The Hall–Kier alpha value is -4.34. The number of amides is 1. The second-order valence-corrected chi connectivity index (χ2v) is 12.8. The molecule has 2 N–H and O–H groups in total. The predicted octanol–water partition coefficient (Wildman–Crippen LogP) is 8.00. The number of carboxylic acid groups (broad SMARTS) is 1. The van der Waals surface area contributed by atoms with Crippen LogP contribution in [0.1, 0.15) is 79.1 Å². The second kappa shape index (κ2) is 15.9. The van der Waals surface area contributed by atoms with Gasteiger partial charge in [0.25, 0.3) is 5.56 Å². The third kappa shape index (κ3) is 9.71. The van der Waals surface area contributed by atoms with Crippen molar-refractivity contribution in [3.05, 3.63) is 91.6 Å². The van der Waals surface area contributed by atoms with Gasteiger partial charge in [-0.3, -0.25) is 14.4 Å². The lowest BCUT2D eigenvalue weighted by atomic mass is 9.89. The molecule has 3 aromatic rings. The summed E-state index contributed by atoms with van der Waals surface area (Å²) in [6.45, 7) is 8.09. The van der Waals surface area contributed by atoms with Crippen LogP contribution in [0, 0.1) is 37.2 Å². The van der Waals surface area contributed by atoms with E-state index in [2.05, 4.69) is 5.32 Å². The minimum absolute atomic E-state index is 0.0319. The van der Waals surface area contributed by atoms with E-state index in [4.69, 9.17) is 0 Å². The summed E-state index contributed by atoms with van der Waals surface area (Å²) < 4.78 is 131. The maximum atomic E-state index is 16.4. The zero-order valence-electron chi connectivity index (χ0n) is 28.6. The van der Waals surface area contributed by atoms with Crippen LogP contribution in [-0.4, -0.2) is 46.6 Å². The van der Waals surface area contributed by atoms with Gasteiger partial charge in [-0.05, 0) is 86.7 Å². The molecule has 2 atom stereocenters. The second-order valence-electron chi connectivity index (χ2n) is 12.8. The normalized spacial score (nSPS) is 13.5. The van der Waals surface area contributed by atoms with E-state index in [1.165, 1.54) is 13.8 Å². The van der Waals surface area contributed by atoms with E-state index in [0.29, 0.717) is 17.2 Å². The number of aliphatic carboxylic acids is 1. The van der Waals surface area contributed by atoms with Crippen molar-refractivity contribution >= 4 is 11.9 Å². The zero-order chi connectivity index (χ0) is 38.7. The van der Waals surface area contributed by atoms with Crippen LogP contribution in [0.4, 0.5) is 39.5 Å². The molecule has 3 rings (SSSR count). The fraction of sp³-hybridized carbons (Fsp3) is 0.457. The Kier molecular flexibility index (Phi) is 12.8. The number of nitrogens with one attached hydrogen (secondary N) is 1. The summed E-state index contributed by atoms with van der Waals surface area (Å²) >= 11 is 0. The summed E-state index contributed by atoms with van der Waals surface area (Å²) in [5.41, 5.74) is -7.49. The molecule has 0 aliphatic heterocycles. The lowest BCUT2D eigenvalue weighted by Crippen LogP contribution is -2.41. The molecular weight excluding hydrogens is 697 g/mol. The third-order valence-corrected chi connectivity index (χ3v) is 8.45. The molecule has 0 saturated carbocycles. The number of hydrogen-bond acceptors (Lipinski definition) is 4. The fourth-order valence-electron chi connectivity index (χ4n) is 5.92. The number of rotatable bonds is 13. The molecule has 7 nitrogen and oxygen atoms in total. The van der Waals surface area contributed by atoms with Gasteiger partial charge in [0, 0.05) is 29.9 Å². The van der Waals surface area contributed by atoms with Crippen molar-refractivity contribution in [3.8, 4) is 11.1 Å². The van der Waals surface area contributed by atoms with Crippen molar-refractivity contribution in [1.82, 2.24) is 14.8 Å². The molecule has 0 saturated heterocycles. The maximum absolute atomic E-state index is 16.4. The number of aryl methyl sites for hydroxylation is 2. The first-order chi connectivity index (χ1) is 23.5. The number of likely N-dealkylation sites (N-methyl/N-ethyl adjacent to an activating group) is 1. The van der Waals surface area contributed by atoms with Crippen molar-refractivity contribution in [2.45, 2.75) is 78.3 Å². The maximum Gasteiger partial charge on any atom is 0.419 e. The van der Waals surface area contributed by atoms with Gasteiger partial charge in [-0.15, -0.1) is 0 Å². The number of carboxylic acids is 1. The highest BCUT2D eigenvalue weighted by Gasteiger charge is 2.41. The third-order valence-electron chi connectivity index (χ3n) is 8.45. The summed E-state index contributed by atoms with van der Waals surface area (Å²) in [7, 11) is 1.65. The number of carbonyl (C=O) groups is 2. The Labute approximate surface area is 288 Å². The zero-order valence-corrected chi connectivity index (χ0v) is 28.6. The van der Waals surface area contributed by atoms with Crippen molar-refractivity contribution in [3.63, 3.8) is 0 Å². The Morgan fingerprint density at radius 1 is 0.922 bits per heavy atom. The number of nitrogens with zero attached hydrogens (tertiary/aromatic N) is 2. The largest absolute Gasteiger partial charge is 0.481 e. The Morgan fingerprint density at radius 2 is 1.49 bits per heavy atom. The van der Waals surface area contributed by atoms with Crippen LogP contribution >= 0.6 is 0 Å². The van der Waals surface area contributed by atoms with E-state index >= 15 is 8.78 Å². The van der Waals surface area contributed by atoms with E-state index in [9.17, 15) is 50.2 Å². The minimum atomic E-state index is -5.45. The summed E-state index contributed by atoms with van der Waals surface area (Å²) in [6, 6.07) is -1.71. The van der Waals surface area contributed by atoms with Gasteiger partial charge < -0.3 is 19.9 Å². The number of carbonyl (C=O) groups excluding carboxylic acids is 1. The summed E-state index contributed by atoms with van der Waals surface area (Å²) in [5, 5.41) is 11.7. The molecule has 16 heteroatoms.